The summed E-state index contributed by atoms with van der Waals surface area (Å²) in [5.41, 5.74) is 0.990. The molecule has 1 amide bonds. The zero-order valence-corrected chi connectivity index (χ0v) is 15.8. The van der Waals surface area contributed by atoms with Crippen molar-refractivity contribution in [3.05, 3.63) is 17.5 Å². The van der Waals surface area contributed by atoms with E-state index in [9.17, 15) is 4.79 Å². The molecular weight excluding hydrogens is 316 g/mol. The van der Waals surface area contributed by atoms with Gasteiger partial charge in [-0.2, -0.15) is 0 Å². The maximum absolute atomic E-state index is 12.4. The highest BCUT2D eigenvalue weighted by atomic mass is 16.5. The molecule has 2 fully saturated rings. The van der Waals surface area contributed by atoms with Gasteiger partial charge in [0.2, 0.25) is 5.91 Å². The lowest BCUT2D eigenvalue weighted by Crippen LogP contribution is -2.51. The summed E-state index contributed by atoms with van der Waals surface area (Å²) in [4.78, 5) is 17.1. The highest BCUT2D eigenvalue weighted by Gasteiger charge is 2.28. The van der Waals surface area contributed by atoms with Crippen LogP contribution in [-0.2, 0) is 11.3 Å². The van der Waals surface area contributed by atoms with Crippen molar-refractivity contribution in [1.82, 2.24) is 20.3 Å². The minimum absolute atomic E-state index is 0.187. The topological polar surface area (TPSA) is 61.6 Å². The fraction of sp³-hybridized carbons (Fsp3) is 0.789. The molecule has 25 heavy (non-hydrogen) atoms. The van der Waals surface area contributed by atoms with E-state index in [1.165, 1.54) is 12.8 Å². The highest BCUT2D eigenvalue weighted by Crippen LogP contribution is 2.29. The molecule has 3 rings (SSSR count). The molecule has 1 N–H and O–H groups in total. The highest BCUT2D eigenvalue weighted by molar-refractivity contribution is 5.78. The quantitative estimate of drug-likeness (QED) is 0.882. The van der Waals surface area contributed by atoms with E-state index in [1.54, 1.807) is 0 Å². The first kappa shape index (κ1) is 18.4. The SMILES string of the molecule is Cc1cc(CN2CCN(CC(=O)N[C@@H]3CCC[C@@H](C)[C@@H]3C)CC2)no1. The van der Waals surface area contributed by atoms with Gasteiger partial charge in [0, 0.05) is 44.8 Å². The van der Waals surface area contributed by atoms with Crippen molar-refractivity contribution in [2.24, 2.45) is 11.8 Å². The van der Waals surface area contributed by atoms with E-state index in [0.717, 1.165) is 50.6 Å². The lowest BCUT2D eigenvalue weighted by atomic mass is 9.78. The zero-order valence-electron chi connectivity index (χ0n) is 15.8. The van der Waals surface area contributed by atoms with Gasteiger partial charge in [0.25, 0.3) is 0 Å². The average Bonchev–Trinajstić information content (AvgIpc) is 2.99. The molecule has 6 nitrogen and oxygen atoms in total. The van der Waals surface area contributed by atoms with Crippen LogP contribution in [0.1, 0.15) is 44.6 Å². The van der Waals surface area contributed by atoms with Gasteiger partial charge in [0.05, 0.1) is 12.2 Å². The van der Waals surface area contributed by atoms with Gasteiger partial charge in [-0.15, -0.1) is 0 Å². The van der Waals surface area contributed by atoms with Gasteiger partial charge < -0.3 is 9.84 Å². The van der Waals surface area contributed by atoms with Crippen molar-refractivity contribution in [3.63, 3.8) is 0 Å². The number of aryl methyl sites for hydroxylation is 1. The molecule has 1 saturated carbocycles. The second-order valence-electron chi connectivity index (χ2n) is 7.92. The first-order valence-electron chi connectivity index (χ1n) is 9.67. The van der Waals surface area contributed by atoms with Crippen molar-refractivity contribution >= 4 is 5.91 Å². The summed E-state index contributed by atoms with van der Waals surface area (Å²) in [6.07, 6.45) is 3.65. The number of rotatable bonds is 5. The third-order valence-corrected chi connectivity index (χ3v) is 5.95. The van der Waals surface area contributed by atoms with Gasteiger partial charge >= 0.3 is 0 Å². The Balaban J connectivity index is 1.39. The number of amides is 1. The van der Waals surface area contributed by atoms with Crippen molar-refractivity contribution in [2.75, 3.05) is 32.7 Å². The molecule has 1 aromatic rings. The van der Waals surface area contributed by atoms with E-state index < -0.39 is 0 Å². The summed E-state index contributed by atoms with van der Waals surface area (Å²) in [6.45, 7) is 11.6. The Labute approximate surface area is 150 Å². The summed E-state index contributed by atoms with van der Waals surface area (Å²) in [5.74, 6) is 2.34. The molecule has 140 valence electrons. The van der Waals surface area contributed by atoms with E-state index in [0.29, 0.717) is 24.4 Å². The third kappa shape index (κ3) is 5.05. The van der Waals surface area contributed by atoms with E-state index in [4.69, 9.17) is 4.52 Å². The van der Waals surface area contributed by atoms with Crippen LogP contribution in [0.4, 0.5) is 0 Å². The molecule has 1 aliphatic carbocycles. The number of carbonyl (C=O) groups is 1. The molecule has 0 spiro atoms. The number of carbonyl (C=O) groups excluding carboxylic acids is 1. The summed E-state index contributed by atoms with van der Waals surface area (Å²) >= 11 is 0. The molecule has 3 atom stereocenters. The zero-order chi connectivity index (χ0) is 17.8. The summed E-state index contributed by atoms with van der Waals surface area (Å²) < 4.78 is 5.13. The van der Waals surface area contributed by atoms with Crippen LogP contribution < -0.4 is 5.32 Å². The fourth-order valence-corrected chi connectivity index (χ4v) is 4.07. The Hall–Kier alpha value is -1.40. The molecule has 1 saturated heterocycles. The number of piperazine rings is 1. The summed E-state index contributed by atoms with van der Waals surface area (Å²) in [7, 11) is 0. The predicted molar refractivity (Wildman–Crippen MR) is 97.1 cm³/mol. The van der Waals surface area contributed by atoms with Gasteiger partial charge in [-0.25, -0.2) is 0 Å². The third-order valence-electron chi connectivity index (χ3n) is 5.95. The molecule has 1 aromatic heterocycles. The molecule has 0 radical (unpaired) electrons. The van der Waals surface area contributed by atoms with Gasteiger partial charge in [0.1, 0.15) is 5.76 Å². The number of nitrogens with one attached hydrogen (secondary N) is 1. The molecule has 0 bridgehead atoms. The van der Waals surface area contributed by atoms with Crippen LogP contribution >= 0.6 is 0 Å². The van der Waals surface area contributed by atoms with Gasteiger partial charge in [-0.05, 0) is 25.2 Å². The van der Waals surface area contributed by atoms with Gasteiger partial charge in [0.15, 0.2) is 0 Å². The van der Waals surface area contributed by atoms with E-state index in [2.05, 4.69) is 34.1 Å². The van der Waals surface area contributed by atoms with Crippen molar-refractivity contribution in [3.8, 4) is 0 Å². The summed E-state index contributed by atoms with van der Waals surface area (Å²) in [5, 5.41) is 7.34. The van der Waals surface area contributed by atoms with Crippen LogP contribution in [0.15, 0.2) is 10.6 Å². The van der Waals surface area contributed by atoms with E-state index in [-0.39, 0.29) is 5.91 Å². The Kier molecular flexibility index (Phi) is 6.12. The number of aromatic nitrogens is 1. The standard InChI is InChI=1S/C19H32N4O2/c1-14-5-4-6-18(16(14)3)20-19(24)13-23-9-7-22(8-10-23)12-17-11-15(2)25-21-17/h11,14,16,18H,4-10,12-13H2,1-3H3,(H,20,24)/t14-,16+,18-/m1/s1. The Morgan fingerprint density at radius 2 is 1.96 bits per heavy atom. The molecule has 6 heteroatoms. The molecular formula is C19H32N4O2. The van der Waals surface area contributed by atoms with E-state index >= 15 is 0 Å². The van der Waals surface area contributed by atoms with Crippen LogP contribution in [0.5, 0.6) is 0 Å². The Morgan fingerprint density at radius 1 is 1.24 bits per heavy atom. The lowest BCUT2D eigenvalue weighted by molar-refractivity contribution is -0.124. The second kappa shape index (κ2) is 8.32. The Bertz CT molecular complexity index is 566. The van der Waals surface area contributed by atoms with E-state index in [1.807, 2.05) is 13.0 Å². The smallest absolute Gasteiger partial charge is 0.234 e. The molecule has 2 aliphatic rings. The van der Waals surface area contributed by atoms with Gasteiger partial charge in [-0.1, -0.05) is 31.8 Å². The normalized spacial score (nSPS) is 28.8. The largest absolute Gasteiger partial charge is 0.361 e. The van der Waals surface area contributed by atoms with Crippen molar-refractivity contribution in [2.45, 2.75) is 52.6 Å². The van der Waals surface area contributed by atoms with Crippen molar-refractivity contribution in [1.29, 1.82) is 0 Å². The number of nitrogens with zero attached hydrogens (tertiary/aromatic N) is 3. The van der Waals surface area contributed by atoms with Crippen LogP contribution in [0.2, 0.25) is 0 Å². The molecule has 1 aliphatic heterocycles. The molecule has 0 unspecified atom stereocenters. The second-order valence-corrected chi connectivity index (χ2v) is 7.92. The lowest BCUT2D eigenvalue weighted by Gasteiger charge is -2.36. The van der Waals surface area contributed by atoms with Crippen molar-refractivity contribution < 1.29 is 9.32 Å². The predicted octanol–water partition coefficient (Wildman–Crippen LogP) is 2.04. The minimum atomic E-state index is 0.187. The van der Waals surface area contributed by atoms with Crippen LogP contribution in [0.25, 0.3) is 0 Å². The molecule has 2 heterocycles. The van der Waals surface area contributed by atoms with Gasteiger partial charge in [-0.3, -0.25) is 14.6 Å². The average molecular weight is 348 g/mol. The van der Waals surface area contributed by atoms with Crippen LogP contribution in [-0.4, -0.2) is 59.6 Å². The summed E-state index contributed by atoms with van der Waals surface area (Å²) in [6, 6.07) is 2.35. The molecule has 0 aromatic carbocycles. The number of hydrogen-bond acceptors (Lipinski definition) is 5. The fourth-order valence-electron chi connectivity index (χ4n) is 4.07. The maximum Gasteiger partial charge on any atom is 0.234 e. The monoisotopic (exact) mass is 348 g/mol. The maximum atomic E-state index is 12.4. The number of hydrogen-bond donors (Lipinski definition) is 1. The minimum Gasteiger partial charge on any atom is -0.361 e. The first-order valence-corrected chi connectivity index (χ1v) is 9.67. The first-order chi connectivity index (χ1) is 12.0. The van der Waals surface area contributed by atoms with Crippen LogP contribution in [0, 0.1) is 18.8 Å². The Morgan fingerprint density at radius 3 is 2.64 bits per heavy atom. The van der Waals surface area contributed by atoms with Crippen LogP contribution in [0.3, 0.4) is 0 Å².